The molecule has 1 saturated heterocycles. The highest BCUT2D eigenvalue weighted by Crippen LogP contribution is 2.18. The Morgan fingerprint density at radius 1 is 1.05 bits per heavy atom. The molecule has 0 aliphatic carbocycles. The molecule has 1 aliphatic heterocycles. The van der Waals surface area contributed by atoms with Gasteiger partial charge in [-0.3, -0.25) is 4.90 Å². The van der Waals surface area contributed by atoms with Crippen LogP contribution in [0.25, 0.3) is 0 Å². The fraction of sp³-hybridized carbons (Fsp3) is 0.647. The van der Waals surface area contributed by atoms with E-state index >= 15 is 0 Å². The van der Waals surface area contributed by atoms with E-state index in [0.29, 0.717) is 5.41 Å². The quantitative estimate of drug-likeness (QED) is 0.841. The zero-order valence-electron chi connectivity index (χ0n) is 13.4. The van der Waals surface area contributed by atoms with Crippen LogP contribution in [0, 0.1) is 5.41 Å². The number of ether oxygens (including phenoxy) is 1. The van der Waals surface area contributed by atoms with Crippen LogP contribution in [-0.4, -0.2) is 49.6 Å². The Labute approximate surface area is 123 Å². The SMILES string of the molecule is COc1cccc(CN2CCN(CC(C)(C)C)CC2)c1. The predicted molar refractivity (Wildman–Crippen MR) is 84.2 cm³/mol. The lowest BCUT2D eigenvalue weighted by Crippen LogP contribution is -2.48. The van der Waals surface area contributed by atoms with Crippen LogP contribution in [0.4, 0.5) is 0 Å². The van der Waals surface area contributed by atoms with E-state index < -0.39 is 0 Å². The highest BCUT2D eigenvalue weighted by Gasteiger charge is 2.21. The standard InChI is InChI=1S/C17H28N2O/c1-17(2,3)14-19-10-8-18(9-11-19)13-15-6-5-7-16(12-15)20-4/h5-7,12H,8-11,13-14H2,1-4H3. The van der Waals surface area contributed by atoms with E-state index in [4.69, 9.17) is 4.74 Å². The average Bonchev–Trinajstić information content (AvgIpc) is 2.40. The first-order valence-electron chi connectivity index (χ1n) is 7.54. The van der Waals surface area contributed by atoms with Gasteiger partial charge >= 0.3 is 0 Å². The lowest BCUT2D eigenvalue weighted by atomic mass is 9.96. The molecule has 1 aromatic rings. The van der Waals surface area contributed by atoms with Gasteiger partial charge in [-0.15, -0.1) is 0 Å². The molecule has 0 bridgehead atoms. The van der Waals surface area contributed by atoms with Gasteiger partial charge in [0, 0.05) is 39.3 Å². The number of hydrogen-bond acceptors (Lipinski definition) is 3. The molecule has 1 heterocycles. The third kappa shape index (κ3) is 4.80. The number of nitrogens with zero attached hydrogens (tertiary/aromatic N) is 2. The summed E-state index contributed by atoms with van der Waals surface area (Å²) in [5, 5.41) is 0. The Morgan fingerprint density at radius 3 is 2.30 bits per heavy atom. The second-order valence-corrected chi connectivity index (χ2v) is 6.96. The molecule has 0 spiro atoms. The van der Waals surface area contributed by atoms with Crippen molar-refractivity contribution in [3.8, 4) is 5.75 Å². The molecule has 1 aromatic carbocycles. The second-order valence-electron chi connectivity index (χ2n) is 6.96. The van der Waals surface area contributed by atoms with Crippen LogP contribution in [0.1, 0.15) is 26.3 Å². The Hall–Kier alpha value is -1.06. The molecule has 3 nitrogen and oxygen atoms in total. The fourth-order valence-corrected chi connectivity index (χ4v) is 2.81. The van der Waals surface area contributed by atoms with Crippen molar-refractivity contribution < 1.29 is 4.74 Å². The van der Waals surface area contributed by atoms with E-state index in [-0.39, 0.29) is 0 Å². The lowest BCUT2D eigenvalue weighted by molar-refractivity contribution is 0.0983. The molecule has 0 atom stereocenters. The van der Waals surface area contributed by atoms with Crippen LogP contribution in [0.2, 0.25) is 0 Å². The molecule has 1 aliphatic rings. The lowest BCUT2D eigenvalue weighted by Gasteiger charge is -2.37. The number of rotatable bonds is 4. The van der Waals surface area contributed by atoms with Gasteiger partial charge in [-0.2, -0.15) is 0 Å². The second kappa shape index (κ2) is 6.59. The average molecular weight is 276 g/mol. The van der Waals surface area contributed by atoms with Gasteiger partial charge in [-0.1, -0.05) is 32.9 Å². The first kappa shape index (κ1) is 15.3. The van der Waals surface area contributed by atoms with E-state index in [2.05, 4.69) is 48.8 Å². The number of benzene rings is 1. The predicted octanol–water partition coefficient (Wildman–Crippen LogP) is 2.86. The van der Waals surface area contributed by atoms with Crippen molar-refractivity contribution in [3.05, 3.63) is 29.8 Å². The van der Waals surface area contributed by atoms with Crippen LogP contribution < -0.4 is 4.74 Å². The maximum atomic E-state index is 5.29. The van der Waals surface area contributed by atoms with Gasteiger partial charge < -0.3 is 9.64 Å². The van der Waals surface area contributed by atoms with E-state index in [1.807, 2.05) is 6.07 Å². The van der Waals surface area contributed by atoms with Gasteiger partial charge in [0.05, 0.1) is 7.11 Å². The van der Waals surface area contributed by atoms with E-state index in [1.54, 1.807) is 7.11 Å². The molecule has 0 N–H and O–H groups in total. The summed E-state index contributed by atoms with van der Waals surface area (Å²) < 4.78 is 5.29. The zero-order chi connectivity index (χ0) is 14.6. The van der Waals surface area contributed by atoms with Crippen molar-refractivity contribution in [2.45, 2.75) is 27.3 Å². The third-order valence-corrected chi connectivity index (χ3v) is 3.70. The maximum Gasteiger partial charge on any atom is 0.119 e. The monoisotopic (exact) mass is 276 g/mol. The molecule has 0 amide bonds. The van der Waals surface area contributed by atoms with Crippen LogP contribution in [0.3, 0.4) is 0 Å². The summed E-state index contributed by atoms with van der Waals surface area (Å²) in [5.41, 5.74) is 1.74. The van der Waals surface area contributed by atoms with Crippen LogP contribution in [-0.2, 0) is 6.54 Å². The minimum absolute atomic E-state index is 0.398. The molecule has 0 radical (unpaired) electrons. The largest absolute Gasteiger partial charge is 0.497 e. The van der Waals surface area contributed by atoms with Gasteiger partial charge in [-0.25, -0.2) is 0 Å². The number of methoxy groups -OCH3 is 1. The van der Waals surface area contributed by atoms with Crippen molar-refractivity contribution in [1.29, 1.82) is 0 Å². The first-order chi connectivity index (χ1) is 9.46. The Morgan fingerprint density at radius 2 is 1.70 bits per heavy atom. The molecule has 2 rings (SSSR count). The number of hydrogen-bond donors (Lipinski definition) is 0. The summed E-state index contributed by atoms with van der Waals surface area (Å²) in [4.78, 5) is 5.12. The van der Waals surface area contributed by atoms with Crippen molar-refractivity contribution in [3.63, 3.8) is 0 Å². The van der Waals surface area contributed by atoms with Gasteiger partial charge in [-0.05, 0) is 23.1 Å². The zero-order valence-corrected chi connectivity index (χ0v) is 13.4. The van der Waals surface area contributed by atoms with Crippen molar-refractivity contribution in [2.75, 3.05) is 39.8 Å². The van der Waals surface area contributed by atoms with Gasteiger partial charge in [0.15, 0.2) is 0 Å². The summed E-state index contributed by atoms with van der Waals surface area (Å²) in [6, 6.07) is 8.40. The Bertz CT molecular complexity index is 417. The molecule has 0 unspecified atom stereocenters. The van der Waals surface area contributed by atoms with E-state index in [1.165, 1.54) is 25.2 Å². The molecule has 112 valence electrons. The first-order valence-corrected chi connectivity index (χ1v) is 7.54. The maximum absolute atomic E-state index is 5.29. The highest BCUT2D eigenvalue weighted by atomic mass is 16.5. The molecule has 1 fully saturated rings. The Balaban J connectivity index is 1.82. The smallest absolute Gasteiger partial charge is 0.119 e. The minimum Gasteiger partial charge on any atom is -0.497 e. The highest BCUT2D eigenvalue weighted by molar-refractivity contribution is 5.28. The summed E-state index contributed by atoms with van der Waals surface area (Å²) in [7, 11) is 1.73. The molecule has 0 saturated carbocycles. The molecule has 3 heteroatoms. The van der Waals surface area contributed by atoms with Crippen LogP contribution in [0.5, 0.6) is 5.75 Å². The summed E-state index contributed by atoms with van der Waals surface area (Å²) >= 11 is 0. The molecular weight excluding hydrogens is 248 g/mol. The van der Waals surface area contributed by atoms with Crippen LogP contribution >= 0.6 is 0 Å². The van der Waals surface area contributed by atoms with Gasteiger partial charge in [0.1, 0.15) is 5.75 Å². The van der Waals surface area contributed by atoms with Gasteiger partial charge in [0.25, 0.3) is 0 Å². The Kier molecular flexibility index (Phi) is 5.06. The molecule has 20 heavy (non-hydrogen) atoms. The van der Waals surface area contributed by atoms with E-state index in [0.717, 1.165) is 25.4 Å². The van der Waals surface area contributed by atoms with Crippen molar-refractivity contribution in [2.24, 2.45) is 5.41 Å². The fourth-order valence-electron chi connectivity index (χ4n) is 2.81. The molecule has 0 aromatic heterocycles. The minimum atomic E-state index is 0.398. The summed E-state index contributed by atoms with van der Waals surface area (Å²) in [6.45, 7) is 13.9. The van der Waals surface area contributed by atoms with Crippen molar-refractivity contribution in [1.82, 2.24) is 9.80 Å². The third-order valence-electron chi connectivity index (χ3n) is 3.70. The normalized spacial score (nSPS) is 18.2. The van der Waals surface area contributed by atoms with Crippen LogP contribution in [0.15, 0.2) is 24.3 Å². The summed E-state index contributed by atoms with van der Waals surface area (Å²) in [6.07, 6.45) is 0. The topological polar surface area (TPSA) is 15.7 Å². The van der Waals surface area contributed by atoms with E-state index in [9.17, 15) is 0 Å². The molecular formula is C17H28N2O. The number of piperazine rings is 1. The van der Waals surface area contributed by atoms with Gasteiger partial charge in [0.2, 0.25) is 0 Å². The van der Waals surface area contributed by atoms with Crippen molar-refractivity contribution >= 4 is 0 Å². The summed E-state index contributed by atoms with van der Waals surface area (Å²) in [5.74, 6) is 0.953.